The van der Waals surface area contributed by atoms with Crippen molar-refractivity contribution in [2.24, 2.45) is 11.5 Å². The van der Waals surface area contributed by atoms with E-state index >= 15 is 0 Å². The minimum absolute atomic E-state index is 0.414. The zero-order valence-electron chi connectivity index (χ0n) is 7.88. The van der Waals surface area contributed by atoms with E-state index in [4.69, 9.17) is 11.5 Å². The largest absolute Gasteiger partial charge is 0.368 e. The zero-order chi connectivity index (χ0) is 9.90. The van der Waals surface area contributed by atoms with Crippen LogP contribution in [0.25, 0.3) is 0 Å². The summed E-state index contributed by atoms with van der Waals surface area (Å²) in [6.07, 6.45) is 4.63. The first-order valence-electron chi connectivity index (χ1n) is 4.40. The molecule has 1 atom stereocenters. The molecule has 0 aromatic carbocycles. The van der Waals surface area contributed by atoms with Crippen LogP contribution in [0.2, 0.25) is 0 Å². The van der Waals surface area contributed by atoms with Gasteiger partial charge in [-0.3, -0.25) is 4.79 Å². The monoisotopic (exact) mass is 203 g/mol. The van der Waals surface area contributed by atoms with Crippen molar-refractivity contribution in [3.8, 4) is 0 Å². The number of thioether (sulfide) groups is 1. The minimum Gasteiger partial charge on any atom is -0.368 e. The molecule has 0 saturated heterocycles. The minimum atomic E-state index is -0.558. The maximum atomic E-state index is 10.6. The Morgan fingerprint density at radius 1 is 1.69 bits per heavy atom. The molecule has 1 rings (SSSR count). The summed E-state index contributed by atoms with van der Waals surface area (Å²) in [5.41, 5.74) is 10.5. The highest BCUT2D eigenvalue weighted by Crippen LogP contribution is 2.46. The maximum absolute atomic E-state index is 10.6. The van der Waals surface area contributed by atoms with Gasteiger partial charge in [-0.05, 0) is 19.1 Å². The van der Waals surface area contributed by atoms with Crippen LogP contribution in [0.4, 0.5) is 0 Å². The van der Waals surface area contributed by atoms with E-state index in [0.717, 1.165) is 6.54 Å². The molecule has 0 radical (unpaired) electrons. The lowest BCUT2D eigenvalue weighted by Crippen LogP contribution is -2.45. The first-order valence-corrected chi connectivity index (χ1v) is 5.63. The predicted octanol–water partition coefficient (Wildman–Crippen LogP) is -0.716. The van der Waals surface area contributed by atoms with E-state index in [9.17, 15) is 4.79 Å². The third kappa shape index (κ3) is 3.17. The van der Waals surface area contributed by atoms with Crippen molar-refractivity contribution in [3.63, 3.8) is 0 Å². The fraction of sp³-hybridized carbons (Fsp3) is 0.875. The van der Waals surface area contributed by atoms with Crippen LogP contribution in [0, 0.1) is 0 Å². The van der Waals surface area contributed by atoms with E-state index in [1.54, 1.807) is 0 Å². The quantitative estimate of drug-likeness (QED) is 0.532. The first-order chi connectivity index (χ1) is 6.09. The second kappa shape index (κ2) is 4.30. The van der Waals surface area contributed by atoms with Crippen molar-refractivity contribution in [1.29, 1.82) is 0 Å². The first kappa shape index (κ1) is 10.8. The van der Waals surface area contributed by atoms with Crippen LogP contribution in [0.1, 0.15) is 12.8 Å². The lowest BCUT2D eigenvalue weighted by molar-refractivity contribution is -0.119. The van der Waals surface area contributed by atoms with Crippen LogP contribution in [0.5, 0.6) is 0 Å². The summed E-state index contributed by atoms with van der Waals surface area (Å²) in [5, 5.41) is 3.17. The van der Waals surface area contributed by atoms with Gasteiger partial charge >= 0.3 is 0 Å². The molecule has 4 nitrogen and oxygen atoms in total. The molecule has 0 heterocycles. The third-order valence-electron chi connectivity index (χ3n) is 2.42. The Morgan fingerprint density at radius 2 is 2.31 bits per heavy atom. The van der Waals surface area contributed by atoms with Gasteiger partial charge in [0.05, 0.1) is 6.04 Å². The van der Waals surface area contributed by atoms with Crippen molar-refractivity contribution >= 4 is 17.7 Å². The van der Waals surface area contributed by atoms with E-state index < -0.39 is 11.9 Å². The van der Waals surface area contributed by atoms with Gasteiger partial charge in [0.2, 0.25) is 5.91 Å². The van der Waals surface area contributed by atoms with Gasteiger partial charge in [0, 0.05) is 17.8 Å². The van der Waals surface area contributed by atoms with Gasteiger partial charge in [0.1, 0.15) is 0 Å². The standard InChI is InChI=1S/C8H17N3OS/c1-13-8(2-3-8)5-11-4-6(9)7(10)12/h6,11H,2-5,9H2,1H3,(H2,10,12). The summed E-state index contributed by atoms with van der Waals surface area (Å²) in [6.45, 7) is 1.41. The SMILES string of the molecule is CSC1(CNCC(N)C(N)=O)CC1. The number of carbonyl (C=O) groups is 1. The Hall–Kier alpha value is -0.260. The highest BCUT2D eigenvalue weighted by molar-refractivity contribution is 8.00. The summed E-state index contributed by atoms with van der Waals surface area (Å²) >= 11 is 1.88. The predicted molar refractivity (Wildman–Crippen MR) is 55.5 cm³/mol. The maximum Gasteiger partial charge on any atom is 0.235 e. The van der Waals surface area contributed by atoms with Gasteiger partial charge in [-0.15, -0.1) is 0 Å². The highest BCUT2D eigenvalue weighted by Gasteiger charge is 2.41. The molecule has 1 unspecified atom stereocenters. The van der Waals surface area contributed by atoms with E-state index in [1.807, 2.05) is 11.8 Å². The average molecular weight is 203 g/mol. The second-order valence-corrected chi connectivity index (χ2v) is 4.80. The van der Waals surface area contributed by atoms with Crippen molar-refractivity contribution in [3.05, 3.63) is 0 Å². The molecule has 13 heavy (non-hydrogen) atoms. The van der Waals surface area contributed by atoms with Gasteiger partial charge in [-0.25, -0.2) is 0 Å². The smallest absolute Gasteiger partial charge is 0.235 e. The fourth-order valence-electron chi connectivity index (χ4n) is 1.15. The number of amides is 1. The number of hydrogen-bond donors (Lipinski definition) is 3. The number of rotatable bonds is 6. The van der Waals surface area contributed by atoms with Crippen LogP contribution in [0.15, 0.2) is 0 Å². The van der Waals surface area contributed by atoms with Crippen molar-refractivity contribution < 1.29 is 4.79 Å². The van der Waals surface area contributed by atoms with E-state index in [0.29, 0.717) is 11.3 Å². The van der Waals surface area contributed by atoms with Gasteiger partial charge in [-0.2, -0.15) is 11.8 Å². The van der Waals surface area contributed by atoms with Crippen LogP contribution in [-0.4, -0.2) is 36.0 Å². The zero-order valence-corrected chi connectivity index (χ0v) is 8.69. The van der Waals surface area contributed by atoms with Crippen molar-refractivity contribution in [1.82, 2.24) is 5.32 Å². The molecule has 1 aliphatic carbocycles. The van der Waals surface area contributed by atoms with Crippen molar-refractivity contribution in [2.75, 3.05) is 19.3 Å². The van der Waals surface area contributed by atoms with Crippen LogP contribution < -0.4 is 16.8 Å². The summed E-state index contributed by atoms with van der Waals surface area (Å²) in [5.74, 6) is -0.443. The van der Waals surface area contributed by atoms with Gasteiger partial charge in [-0.1, -0.05) is 0 Å². The van der Waals surface area contributed by atoms with Gasteiger partial charge < -0.3 is 16.8 Å². The van der Waals surface area contributed by atoms with E-state index in [-0.39, 0.29) is 0 Å². The lowest BCUT2D eigenvalue weighted by Gasteiger charge is -2.14. The normalized spacial score (nSPS) is 21.1. The molecule has 5 N–H and O–H groups in total. The molecule has 1 aliphatic rings. The Morgan fingerprint density at radius 3 is 2.69 bits per heavy atom. The summed E-state index contributed by atoms with van der Waals surface area (Å²) < 4.78 is 0.414. The number of carbonyl (C=O) groups excluding carboxylic acids is 1. The second-order valence-electron chi connectivity index (χ2n) is 3.53. The molecular weight excluding hydrogens is 186 g/mol. The fourth-order valence-corrected chi connectivity index (χ4v) is 1.91. The van der Waals surface area contributed by atoms with Gasteiger partial charge in [0.15, 0.2) is 0 Å². The molecule has 5 heteroatoms. The number of hydrogen-bond acceptors (Lipinski definition) is 4. The Balaban J connectivity index is 2.10. The van der Waals surface area contributed by atoms with Gasteiger partial charge in [0.25, 0.3) is 0 Å². The highest BCUT2D eigenvalue weighted by atomic mass is 32.2. The van der Waals surface area contributed by atoms with Crippen LogP contribution in [-0.2, 0) is 4.79 Å². The third-order valence-corrected chi connectivity index (χ3v) is 3.84. The molecule has 76 valence electrons. The summed E-state index contributed by atoms with van der Waals surface area (Å²) in [4.78, 5) is 10.6. The summed E-state index contributed by atoms with van der Waals surface area (Å²) in [6, 6.07) is -0.558. The molecule has 0 aromatic rings. The Labute approximate surface area is 82.8 Å². The molecule has 1 fully saturated rings. The molecule has 0 aromatic heterocycles. The number of nitrogens with two attached hydrogens (primary N) is 2. The number of nitrogens with one attached hydrogen (secondary N) is 1. The van der Waals surface area contributed by atoms with Crippen LogP contribution >= 0.6 is 11.8 Å². The molecule has 1 saturated carbocycles. The molecule has 0 aliphatic heterocycles. The van der Waals surface area contributed by atoms with Crippen molar-refractivity contribution in [2.45, 2.75) is 23.6 Å². The molecule has 1 amide bonds. The lowest BCUT2D eigenvalue weighted by atomic mass is 10.3. The Bertz CT molecular complexity index is 194. The van der Waals surface area contributed by atoms with Crippen LogP contribution in [0.3, 0.4) is 0 Å². The molecule has 0 bridgehead atoms. The Kier molecular flexibility index (Phi) is 3.58. The average Bonchev–Trinajstić information content (AvgIpc) is 2.85. The molecule has 0 spiro atoms. The van der Waals surface area contributed by atoms with E-state index in [1.165, 1.54) is 12.8 Å². The summed E-state index contributed by atoms with van der Waals surface area (Å²) in [7, 11) is 0. The topological polar surface area (TPSA) is 81.1 Å². The van der Waals surface area contributed by atoms with E-state index in [2.05, 4.69) is 11.6 Å². The number of primary amides is 1. The molecular formula is C8H17N3OS.